The van der Waals surface area contributed by atoms with Crippen LogP contribution in [0.2, 0.25) is 0 Å². The fourth-order valence-electron chi connectivity index (χ4n) is 5.43. The Hall–Kier alpha value is -1.06. The molecule has 0 bridgehead atoms. The van der Waals surface area contributed by atoms with Crippen molar-refractivity contribution in [2.45, 2.75) is 48.0 Å². The topological polar surface area (TPSA) is 0 Å². The van der Waals surface area contributed by atoms with Crippen molar-refractivity contribution in [1.82, 2.24) is 0 Å². The maximum absolute atomic E-state index is 2.47. The van der Waals surface area contributed by atoms with E-state index in [0.717, 1.165) is 6.42 Å². The van der Waals surface area contributed by atoms with Crippen molar-refractivity contribution in [3.8, 4) is 0 Å². The summed E-state index contributed by atoms with van der Waals surface area (Å²) >= 11 is 2.31. The molecule has 1 aliphatic rings. The molecule has 0 saturated heterocycles. The fraction of sp³-hybridized carbons (Fsp3) is 0.267. The molecule has 35 heavy (non-hydrogen) atoms. The third kappa shape index (κ3) is 6.09. The van der Waals surface area contributed by atoms with Gasteiger partial charge < -0.3 is 37.2 Å². The quantitative estimate of drug-likeness (QED) is 0.227. The first-order valence-electron chi connectivity index (χ1n) is 11.5. The maximum atomic E-state index is 2.47. The van der Waals surface area contributed by atoms with Crippen molar-refractivity contribution in [2.24, 2.45) is 5.41 Å². The van der Waals surface area contributed by atoms with Crippen LogP contribution in [-0.4, -0.2) is 8.07 Å². The molecule has 0 atom stereocenters. The molecule has 0 amide bonds. The van der Waals surface area contributed by atoms with E-state index in [2.05, 4.69) is 141 Å². The smallest absolute Gasteiger partial charge is 1.00 e. The zero-order valence-electron chi connectivity index (χ0n) is 21.3. The molecule has 0 N–H and O–H groups in total. The number of benzene rings is 3. The Bertz CT molecular complexity index is 1130. The average Bonchev–Trinajstić information content (AvgIpc) is 3.11. The summed E-state index contributed by atoms with van der Waals surface area (Å²) in [6, 6.07) is 28.0. The zero-order chi connectivity index (χ0) is 23.1. The first-order valence-corrected chi connectivity index (χ1v) is 14.3. The predicted molar refractivity (Wildman–Crippen MR) is 137 cm³/mol. The largest absolute Gasteiger partial charge is 1.00 e. The molecule has 0 unspecified atom stereocenters. The number of allylic oxidation sites excluding steroid dienone is 4. The van der Waals surface area contributed by atoms with Gasteiger partial charge in [0.25, 0.3) is 0 Å². The molecule has 0 radical (unpaired) electrons. The molecule has 0 nitrogen and oxygen atoms in total. The van der Waals surface area contributed by atoms with Gasteiger partial charge in [-0.1, -0.05) is 0 Å². The van der Waals surface area contributed by atoms with Gasteiger partial charge in [-0.2, -0.15) is 0 Å². The maximum Gasteiger partial charge on any atom is -1.00 e. The Morgan fingerprint density at radius 1 is 0.657 bits per heavy atom. The molecule has 0 spiro atoms. The minimum atomic E-state index is -2.47. The van der Waals surface area contributed by atoms with Crippen molar-refractivity contribution in [3.63, 3.8) is 0 Å². The van der Waals surface area contributed by atoms with Crippen LogP contribution in [0.25, 0.3) is 0 Å². The summed E-state index contributed by atoms with van der Waals surface area (Å²) in [5.74, 6) is 0. The number of rotatable bonds is 4. The molecular formula is C30H33Cl3SiTi. The zero-order valence-corrected chi connectivity index (χ0v) is 26.2. The molecule has 0 saturated carbocycles. The molecule has 1 aliphatic carbocycles. The SMILES string of the molecule is Cc1cccc([Si](C2=C(C(C)(C)C)[C]([Ti+3])=CC2)(c2cccc(C)c2)c2cccc(C)c2)c1.[Cl-].[Cl-].[Cl-]. The number of aryl methyl sites for hydroxylation is 3. The summed E-state index contributed by atoms with van der Waals surface area (Å²) < 4.78 is 1.46. The van der Waals surface area contributed by atoms with E-state index in [1.807, 2.05) is 0 Å². The van der Waals surface area contributed by atoms with Crippen molar-refractivity contribution in [2.75, 3.05) is 0 Å². The van der Waals surface area contributed by atoms with Crippen LogP contribution in [0.4, 0.5) is 0 Å². The van der Waals surface area contributed by atoms with Gasteiger partial charge in [0.1, 0.15) is 0 Å². The summed E-state index contributed by atoms with van der Waals surface area (Å²) in [5, 5.41) is 6.14. The Labute approximate surface area is 243 Å². The summed E-state index contributed by atoms with van der Waals surface area (Å²) in [6.07, 6.45) is 3.51. The molecule has 3 aromatic rings. The summed E-state index contributed by atoms with van der Waals surface area (Å²) in [7, 11) is -2.47. The molecule has 182 valence electrons. The number of halogens is 3. The molecule has 0 aliphatic heterocycles. The molecule has 4 rings (SSSR count). The molecule has 0 heterocycles. The average molecular weight is 576 g/mol. The van der Waals surface area contributed by atoms with E-state index < -0.39 is 8.07 Å². The van der Waals surface area contributed by atoms with E-state index in [1.165, 1.54) is 36.1 Å². The van der Waals surface area contributed by atoms with Crippen LogP contribution in [0, 0.1) is 26.2 Å². The molecule has 0 fully saturated rings. The minimum Gasteiger partial charge on any atom is -1.00 e. The van der Waals surface area contributed by atoms with Gasteiger partial charge in [-0.3, -0.25) is 0 Å². The Balaban J connectivity index is 0.00000204. The normalized spacial score (nSPS) is 13.4. The second-order valence-electron chi connectivity index (χ2n) is 10.3. The molecule has 5 heteroatoms. The number of hydrogen-bond acceptors (Lipinski definition) is 0. The Kier molecular flexibility index (Phi) is 11.4. The van der Waals surface area contributed by atoms with Crippen molar-refractivity contribution < 1.29 is 57.7 Å². The molecule has 3 aromatic carbocycles. The molecular weight excluding hydrogens is 543 g/mol. The fourth-order valence-corrected chi connectivity index (χ4v) is 12.3. The first kappa shape index (κ1) is 32.0. The van der Waals surface area contributed by atoms with E-state index in [4.69, 9.17) is 0 Å². The van der Waals surface area contributed by atoms with Crippen LogP contribution >= 0.6 is 0 Å². The third-order valence-corrected chi connectivity index (χ3v) is 12.2. The van der Waals surface area contributed by atoms with Crippen LogP contribution in [0.15, 0.2) is 93.5 Å². The van der Waals surface area contributed by atoms with E-state index in [0.29, 0.717) is 0 Å². The monoisotopic (exact) mass is 574 g/mol. The van der Waals surface area contributed by atoms with Crippen LogP contribution in [0.5, 0.6) is 0 Å². The van der Waals surface area contributed by atoms with Gasteiger partial charge in [-0.05, 0) is 0 Å². The second-order valence-corrected chi connectivity index (χ2v) is 15.0. The minimum absolute atomic E-state index is 0. The third-order valence-electron chi connectivity index (χ3n) is 6.64. The van der Waals surface area contributed by atoms with Gasteiger partial charge >= 0.3 is 208 Å². The van der Waals surface area contributed by atoms with Gasteiger partial charge in [0.15, 0.2) is 0 Å². The van der Waals surface area contributed by atoms with Gasteiger partial charge in [0.2, 0.25) is 0 Å². The van der Waals surface area contributed by atoms with Crippen molar-refractivity contribution in [3.05, 3.63) is 110 Å². The van der Waals surface area contributed by atoms with E-state index in [9.17, 15) is 0 Å². The van der Waals surface area contributed by atoms with Gasteiger partial charge in [-0.25, -0.2) is 0 Å². The Morgan fingerprint density at radius 3 is 1.34 bits per heavy atom. The summed E-state index contributed by atoms with van der Waals surface area (Å²) in [6.45, 7) is 13.8. The second kappa shape index (κ2) is 12.5. The van der Waals surface area contributed by atoms with Gasteiger partial charge in [-0.15, -0.1) is 0 Å². The van der Waals surface area contributed by atoms with Crippen molar-refractivity contribution in [1.29, 1.82) is 0 Å². The number of hydrogen-bond donors (Lipinski definition) is 0. The van der Waals surface area contributed by atoms with Crippen LogP contribution in [-0.2, 0) is 20.4 Å². The first-order chi connectivity index (χ1) is 15.1. The van der Waals surface area contributed by atoms with Gasteiger partial charge in [0.05, 0.1) is 0 Å². The van der Waals surface area contributed by atoms with E-state index in [-0.39, 0.29) is 42.6 Å². The summed E-state index contributed by atoms with van der Waals surface area (Å²) in [5.41, 5.74) is 5.66. The Morgan fingerprint density at radius 2 is 1.03 bits per heavy atom. The van der Waals surface area contributed by atoms with E-state index >= 15 is 0 Å². The van der Waals surface area contributed by atoms with Crippen LogP contribution in [0.1, 0.15) is 43.9 Å². The van der Waals surface area contributed by atoms with Crippen LogP contribution < -0.4 is 52.8 Å². The standard InChI is InChI=1S/C30H33Si.3ClH.Ti/c1-22-11-7-14-25(19-22)31(26-15-8-12-23(2)20-26,27-16-9-13-24(3)21-27)29-18-10-17-28(29)30(4,5)6;;;;/h7-16,19-21H,18H2,1-6H3;3*1H;/q;;;;+3/p-3. The van der Waals surface area contributed by atoms with Gasteiger partial charge in [0, 0.05) is 0 Å². The van der Waals surface area contributed by atoms with Crippen molar-refractivity contribution >= 4 is 23.6 Å². The van der Waals surface area contributed by atoms with Crippen LogP contribution in [0.3, 0.4) is 0 Å². The predicted octanol–water partition coefficient (Wildman–Crippen LogP) is -3.19. The summed E-state index contributed by atoms with van der Waals surface area (Å²) in [4.78, 5) is 0. The molecule has 0 aromatic heterocycles. The van der Waals surface area contributed by atoms with E-state index in [1.54, 1.807) is 10.8 Å².